The lowest BCUT2D eigenvalue weighted by atomic mass is 10.1. The molecular weight excluding hydrogens is 284 g/mol. The Kier molecular flexibility index (Phi) is 4.25. The molecule has 0 bridgehead atoms. The van der Waals surface area contributed by atoms with Crippen LogP contribution in [-0.2, 0) is 6.54 Å². The summed E-state index contributed by atoms with van der Waals surface area (Å²) in [5.41, 5.74) is 2.40. The highest BCUT2D eigenvalue weighted by atomic mass is 32.1. The molecular formula is C16H16N2S2. The van der Waals surface area contributed by atoms with E-state index in [1.54, 1.807) is 22.7 Å². The van der Waals surface area contributed by atoms with E-state index in [1.165, 1.54) is 15.3 Å². The Hall–Kier alpha value is -1.49. The van der Waals surface area contributed by atoms with Crippen molar-refractivity contribution in [3.8, 4) is 20.3 Å². The number of thiophene rings is 1. The second kappa shape index (κ2) is 6.31. The highest BCUT2D eigenvalue weighted by Crippen LogP contribution is 2.37. The molecule has 2 aromatic heterocycles. The van der Waals surface area contributed by atoms with Crippen LogP contribution in [-0.4, -0.2) is 11.5 Å². The predicted octanol–water partition coefficient (Wildman–Crippen LogP) is 4.65. The lowest BCUT2D eigenvalue weighted by Crippen LogP contribution is -2.12. The van der Waals surface area contributed by atoms with Gasteiger partial charge in [0.15, 0.2) is 0 Å². The van der Waals surface area contributed by atoms with Crippen LogP contribution < -0.4 is 5.32 Å². The van der Waals surface area contributed by atoms with Gasteiger partial charge in [-0.05, 0) is 23.6 Å². The minimum absolute atomic E-state index is 0.822. The first-order valence-corrected chi connectivity index (χ1v) is 8.38. The second-order valence-corrected chi connectivity index (χ2v) is 6.37. The number of nitrogens with zero attached hydrogens (tertiary/aromatic N) is 1. The maximum Gasteiger partial charge on any atom is 0.134 e. The third-order valence-electron chi connectivity index (χ3n) is 3.01. The van der Waals surface area contributed by atoms with Crippen LogP contribution in [0.25, 0.3) is 20.3 Å². The van der Waals surface area contributed by atoms with E-state index in [-0.39, 0.29) is 0 Å². The van der Waals surface area contributed by atoms with Gasteiger partial charge in [0, 0.05) is 6.54 Å². The van der Waals surface area contributed by atoms with Crippen molar-refractivity contribution in [1.82, 2.24) is 10.3 Å². The van der Waals surface area contributed by atoms with Gasteiger partial charge in [-0.15, -0.1) is 22.7 Å². The molecule has 102 valence electrons. The Morgan fingerprint density at radius 1 is 1.10 bits per heavy atom. The van der Waals surface area contributed by atoms with Crippen LogP contribution in [0.2, 0.25) is 0 Å². The van der Waals surface area contributed by atoms with Crippen molar-refractivity contribution < 1.29 is 0 Å². The first-order chi connectivity index (χ1) is 9.88. The van der Waals surface area contributed by atoms with Crippen molar-refractivity contribution in [3.63, 3.8) is 0 Å². The fourth-order valence-corrected chi connectivity index (χ4v) is 3.92. The van der Waals surface area contributed by atoms with Crippen LogP contribution in [0.3, 0.4) is 0 Å². The third-order valence-corrected chi connectivity index (χ3v) is 5.19. The number of benzene rings is 1. The van der Waals surface area contributed by atoms with Gasteiger partial charge in [-0.2, -0.15) is 0 Å². The van der Waals surface area contributed by atoms with Gasteiger partial charge >= 0.3 is 0 Å². The largest absolute Gasteiger partial charge is 0.311 e. The standard InChI is InChI=1S/C16H16N2S2/c1-2-17-11-13-15(12-7-4-3-5-8-12)20-16(18-13)14-9-6-10-19-14/h3-10,17H,2,11H2,1H3. The van der Waals surface area contributed by atoms with E-state index in [0.29, 0.717) is 0 Å². The van der Waals surface area contributed by atoms with E-state index in [0.717, 1.165) is 23.8 Å². The Labute approximate surface area is 127 Å². The molecule has 2 nitrogen and oxygen atoms in total. The summed E-state index contributed by atoms with van der Waals surface area (Å²) in [5.74, 6) is 0. The normalized spacial score (nSPS) is 10.8. The minimum atomic E-state index is 0.822. The summed E-state index contributed by atoms with van der Waals surface area (Å²) in [7, 11) is 0. The maximum absolute atomic E-state index is 4.83. The summed E-state index contributed by atoms with van der Waals surface area (Å²) in [5, 5.41) is 6.60. The fourth-order valence-electron chi connectivity index (χ4n) is 2.04. The third kappa shape index (κ3) is 2.82. The molecule has 0 spiro atoms. The topological polar surface area (TPSA) is 24.9 Å². The van der Waals surface area contributed by atoms with E-state index >= 15 is 0 Å². The first kappa shape index (κ1) is 13.5. The molecule has 0 aliphatic carbocycles. The van der Waals surface area contributed by atoms with Gasteiger partial charge in [-0.25, -0.2) is 4.98 Å². The highest BCUT2D eigenvalue weighted by molar-refractivity contribution is 7.23. The van der Waals surface area contributed by atoms with Crippen LogP contribution in [0, 0.1) is 0 Å². The average molecular weight is 300 g/mol. The molecule has 0 aliphatic rings. The molecule has 20 heavy (non-hydrogen) atoms. The molecule has 4 heteroatoms. The molecule has 0 saturated carbocycles. The van der Waals surface area contributed by atoms with Gasteiger partial charge < -0.3 is 5.32 Å². The van der Waals surface area contributed by atoms with Gasteiger partial charge in [0.05, 0.1) is 15.4 Å². The second-order valence-electron chi connectivity index (χ2n) is 4.42. The molecule has 3 aromatic rings. The molecule has 3 rings (SSSR count). The molecule has 0 fully saturated rings. The summed E-state index contributed by atoms with van der Waals surface area (Å²) in [6.45, 7) is 3.90. The van der Waals surface area contributed by atoms with E-state index in [2.05, 4.69) is 60.1 Å². The van der Waals surface area contributed by atoms with E-state index in [1.807, 2.05) is 0 Å². The molecule has 0 saturated heterocycles. The highest BCUT2D eigenvalue weighted by Gasteiger charge is 2.14. The van der Waals surface area contributed by atoms with E-state index in [4.69, 9.17) is 4.98 Å². The quantitative estimate of drug-likeness (QED) is 0.742. The number of aromatic nitrogens is 1. The van der Waals surface area contributed by atoms with Crippen LogP contribution in [0.5, 0.6) is 0 Å². The molecule has 0 amide bonds. The fraction of sp³-hybridized carbons (Fsp3) is 0.188. The molecule has 0 atom stereocenters. The van der Waals surface area contributed by atoms with Crippen LogP contribution >= 0.6 is 22.7 Å². The Balaban J connectivity index is 2.02. The van der Waals surface area contributed by atoms with Gasteiger partial charge in [0.1, 0.15) is 5.01 Å². The van der Waals surface area contributed by atoms with Crippen molar-refractivity contribution in [2.75, 3.05) is 6.54 Å². The maximum atomic E-state index is 4.83. The monoisotopic (exact) mass is 300 g/mol. The average Bonchev–Trinajstić information content (AvgIpc) is 3.15. The van der Waals surface area contributed by atoms with Crippen molar-refractivity contribution in [2.24, 2.45) is 0 Å². The van der Waals surface area contributed by atoms with Crippen molar-refractivity contribution in [3.05, 3.63) is 53.5 Å². The van der Waals surface area contributed by atoms with Crippen molar-refractivity contribution >= 4 is 22.7 Å². The van der Waals surface area contributed by atoms with Gasteiger partial charge in [0.2, 0.25) is 0 Å². The summed E-state index contributed by atoms with van der Waals surface area (Å²) in [6.07, 6.45) is 0. The smallest absolute Gasteiger partial charge is 0.134 e. The van der Waals surface area contributed by atoms with Gasteiger partial charge in [-0.1, -0.05) is 43.3 Å². The number of rotatable bonds is 5. The summed E-state index contributed by atoms with van der Waals surface area (Å²) in [6, 6.07) is 14.7. The van der Waals surface area contributed by atoms with Crippen LogP contribution in [0.4, 0.5) is 0 Å². The zero-order valence-electron chi connectivity index (χ0n) is 11.3. The summed E-state index contributed by atoms with van der Waals surface area (Å²) >= 11 is 3.52. The van der Waals surface area contributed by atoms with Crippen molar-refractivity contribution in [2.45, 2.75) is 13.5 Å². The summed E-state index contributed by atoms with van der Waals surface area (Å²) in [4.78, 5) is 7.35. The van der Waals surface area contributed by atoms with Crippen LogP contribution in [0.15, 0.2) is 47.8 Å². The molecule has 0 aliphatic heterocycles. The Morgan fingerprint density at radius 2 is 1.95 bits per heavy atom. The lowest BCUT2D eigenvalue weighted by Gasteiger charge is -2.02. The summed E-state index contributed by atoms with van der Waals surface area (Å²) < 4.78 is 0. The number of hydrogen-bond donors (Lipinski definition) is 1. The molecule has 0 radical (unpaired) electrons. The SMILES string of the molecule is CCNCc1nc(-c2cccs2)sc1-c1ccccc1. The zero-order valence-corrected chi connectivity index (χ0v) is 12.9. The van der Waals surface area contributed by atoms with Gasteiger partial charge in [0.25, 0.3) is 0 Å². The Morgan fingerprint density at radius 3 is 2.65 bits per heavy atom. The number of nitrogens with one attached hydrogen (secondary N) is 1. The molecule has 1 aromatic carbocycles. The van der Waals surface area contributed by atoms with E-state index < -0.39 is 0 Å². The molecule has 2 heterocycles. The van der Waals surface area contributed by atoms with E-state index in [9.17, 15) is 0 Å². The van der Waals surface area contributed by atoms with Gasteiger partial charge in [-0.3, -0.25) is 0 Å². The van der Waals surface area contributed by atoms with Crippen molar-refractivity contribution in [1.29, 1.82) is 0 Å². The first-order valence-electron chi connectivity index (χ1n) is 6.68. The van der Waals surface area contributed by atoms with Crippen LogP contribution in [0.1, 0.15) is 12.6 Å². The number of thiazole rings is 1. The minimum Gasteiger partial charge on any atom is -0.311 e. The Bertz CT molecular complexity index is 657. The molecule has 0 unspecified atom stereocenters. The zero-order chi connectivity index (χ0) is 13.8. The number of hydrogen-bond acceptors (Lipinski definition) is 4. The lowest BCUT2D eigenvalue weighted by molar-refractivity contribution is 0.716. The molecule has 1 N–H and O–H groups in total. The predicted molar refractivity (Wildman–Crippen MR) is 88.2 cm³/mol.